The molecule has 0 saturated carbocycles. The molecule has 4 rings (SSSR count). The molecule has 2 aromatic rings. The van der Waals surface area contributed by atoms with E-state index in [0.717, 1.165) is 50.1 Å². The first-order chi connectivity index (χ1) is 16.0. The second-order valence-corrected chi connectivity index (χ2v) is 9.78. The zero-order valence-electron chi connectivity index (χ0n) is 19.5. The molecule has 0 amide bonds. The van der Waals surface area contributed by atoms with E-state index in [1.165, 1.54) is 44.9 Å². The zero-order chi connectivity index (χ0) is 23.2. The van der Waals surface area contributed by atoms with E-state index in [9.17, 15) is 20.4 Å². The van der Waals surface area contributed by atoms with Crippen LogP contribution in [0.25, 0.3) is 0 Å². The number of nitrogens with zero attached hydrogens (tertiary/aromatic N) is 2. The Kier molecular flexibility index (Phi) is 7.99. The maximum atomic E-state index is 9.77. The van der Waals surface area contributed by atoms with Gasteiger partial charge in [0.05, 0.1) is 0 Å². The van der Waals surface area contributed by atoms with Crippen LogP contribution >= 0.6 is 0 Å². The smallest absolute Gasteiger partial charge is 0.157 e. The Balaban J connectivity index is 1.17. The van der Waals surface area contributed by atoms with Crippen LogP contribution < -0.4 is 0 Å². The van der Waals surface area contributed by atoms with Gasteiger partial charge in [-0.3, -0.25) is 0 Å². The van der Waals surface area contributed by atoms with Gasteiger partial charge in [0.1, 0.15) is 0 Å². The van der Waals surface area contributed by atoms with Crippen LogP contribution in [0.5, 0.6) is 23.0 Å². The van der Waals surface area contributed by atoms with Crippen LogP contribution in [-0.2, 0) is 12.8 Å². The third kappa shape index (κ3) is 6.33. The molecule has 6 heteroatoms. The van der Waals surface area contributed by atoms with Gasteiger partial charge in [0.2, 0.25) is 0 Å². The van der Waals surface area contributed by atoms with Crippen LogP contribution in [0.15, 0.2) is 36.4 Å². The summed E-state index contributed by atoms with van der Waals surface area (Å²) in [6, 6.07) is 11.4. The van der Waals surface area contributed by atoms with Gasteiger partial charge in [-0.1, -0.05) is 18.6 Å². The Hall–Kier alpha value is -2.44. The summed E-state index contributed by atoms with van der Waals surface area (Å²) in [4.78, 5) is 5.19. The molecule has 2 aliphatic heterocycles. The van der Waals surface area contributed by atoms with Gasteiger partial charge >= 0.3 is 0 Å². The average Bonchev–Trinajstić information content (AvgIpc) is 3.42. The molecule has 2 aliphatic rings. The fourth-order valence-electron chi connectivity index (χ4n) is 5.58. The molecule has 6 nitrogen and oxygen atoms in total. The summed E-state index contributed by atoms with van der Waals surface area (Å²) in [6.45, 7) is 4.57. The van der Waals surface area contributed by atoms with Crippen LogP contribution in [0.3, 0.4) is 0 Å². The van der Waals surface area contributed by atoms with Crippen LogP contribution in [0.2, 0.25) is 0 Å². The largest absolute Gasteiger partial charge is 0.504 e. The number of rotatable bonds is 10. The van der Waals surface area contributed by atoms with Crippen molar-refractivity contribution in [3.8, 4) is 23.0 Å². The molecule has 2 aromatic carbocycles. The predicted molar refractivity (Wildman–Crippen MR) is 130 cm³/mol. The highest BCUT2D eigenvalue weighted by Gasteiger charge is 2.26. The van der Waals surface area contributed by atoms with Crippen molar-refractivity contribution in [2.24, 2.45) is 0 Å². The Labute approximate surface area is 197 Å². The van der Waals surface area contributed by atoms with Crippen molar-refractivity contribution < 1.29 is 20.4 Å². The van der Waals surface area contributed by atoms with Crippen molar-refractivity contribution in [3.63, 3.8) is 0 Å². The minimum atomic E-state index is -0.0523. The number of likely N-dealkylation sites (tertiary alicyclic amines) is 2. The molecular formula is C27H38N2O4. The van der Waals surface area contributed by atoms with Crippen molar-refractivity contribution in [3.05, 3.63) is 47.5 Å². The zero-order valence-corrected chi connectivity index (χ0v) is 19.5. The maximum Gasteiger partial charge on any atom is 0.157 e. The lowest BCUT2D eigenvalue weighted by molar-refractivity contribution is 0.230. The molecule has 0 aromatic heterocycles. The highest BCUT2D eigenvalue weighted by molar-refractivity contribution is 5.41. The second-order valence-electron chi connectivity index (χ2n) is 9.78. The summed E-state index contributed by atoms with van der Waals surface area (Å²) in [6.07, 6.45) is 10.4. The summed E-state index contributed by atoms with van der Waals surface area (Å²) in [7, 11) is 0. The van der Waals surface area contributed by atoms with E-state index in [1.54, 1.807) is 24.3 Å². The van der Waals surface area contributed by atoms with Gasteiger partial charge in [-0.15, -0.1) is 0 Å². The van der Waals surface area contributed by atoms with Gasteiger partial charge in [-0.25, -0.2) is 0 Å². The van der Waals surface area contributed by atoms with E-state index >= 15 is 0 Å². The van der Waals surface area contributed by atoms with Crippen molar-refractivity contribution in [1.82, 2.24) is 9.80 Å². The number of phenolic OH excluding ortho intramolecular Hbond substituents is 4. The first-order valence-electron chi connectivity index (χ1n) is 12.5. The van der Waals surface area contributed by atoms with E-state index in [-0.39, 0.29) is 23.0 Å². The molecule has 0 bridgehead atoms. The van der Waals surface area contributed by atoms with E-state index in [2.05, 4.69) is 9.80 Å². The molecule has 2 unspecified atom stereocenters. The number of benzene rings is 2. The van der Waals surface area contributed by atoms with Crippen LogP contribution in [0.4, 0.5) is 0 Å². The van der Waals surface area contributed by atoms with E-state index in [4.69, 9.17) is 0 Å². The Morgan fingerprint density at radius 2 is 1.06 bits per heavy atom. The van der Waals surface area contributed by atoms with Crippen LogP contribution in [0, 0.1) is 0 Å². The molecule has 2 heterocycles. The minimum absolute atomic E-state index is 0.0283. The van der Waals surface area contributed by atoms with E-state index in [0.29, 0.717) is 12.1 Å². The van der Waals surface area contributed by atoms with Gasteiger partial charge in [0.15, 0.2) is 23.0 Å². The van der Waals surface area contributed by atoms with Crippen molar-refractivity contribution in [2.45, 2.75) is 69.9 Å². The monoisotopic (exact) mass is 454 g/mol. The summed E-state index contributed by atoms with van der Waals surface area (Å²) >= 11 is 0. The molecule has 4 N–H and O–H groups in total. The molecule has 0 spiro atoms. The normalized spacial score (nSPS) is 21.7. The van der Waals surface area contributed by atoms with Gasteiger partial charge in [0.25, 0.3) is 0 Å². The van der Waals surface area contributed by atoms with Gasteiger partial charge < -0.3 is 30.2 Å². The highest BCUT2D eigenvalue weighted by Crippen LogP contribution is 2.29. The lowest BCUT2D eigenvalue weighted by Gasteiger charge is -2.26. The highest BCUT2D eigenvalue weighted by atomic mass is 16.3. The van der Waals surface area contributed by atoms with Crippen molar-refractivity contribution >= 4 is 0 Å². The van der Waals surface area contributed by atoms with Crippen LogP contribution in [-0.4, -0.2) is 68.5 Å². The number of phenols is 4. The summed E-state index contributed by atoms with van der Waals surface area (Å²) in [5.41, 5.74) is 2.17. The fourth-order valence-corrected chi connectivity index (χ4v) is 5.58. The lowest BCUT2D eigenvalue weighted by Crippen LogP contribution is -2.33. The number of unbranched alkanes of at least 4 members (excludes halogenated alkanes) is 2. The second kappa shape index (κ2) is 11.1. The lowest BCUT2D eigenvalue weighted by atomic mass is 10.0. The summed E-state index contributed by atoms with van der Waals surface area (Å²) in [5, 5.41) is 38.6. The molecule has 180 valence electrons. The molecule has 2 fully saturated rings. The molecule has 2 saturated heterocycles. The van der Waals surface area contributed by atoms with Gasteiger partial charge in [-0.2, -0.15) is 0 Å². The molecule has 2 atom stereocenters. The third-order valence-electron chi connectivity index (χ3n) is 7.41. The quantitative estimate of drug-likeness (QED) is 0.315. The molecular weight excluding hydrogens is 416 g/mol. The van der Waals surface area contributed by atoms with E-state index in [1.807, 2.05) is 12.1 Å². The third-order valence-corrected chi connectivity index (χ3v) is 7.41. The van der Waals surface area contributed by atoms with Crippen molar-refractivity contribution in [1.29, 1.82) is 0 Å². The predicted octanol–water partition coefficient (Wildman–Crippen LogP) is 4.39. The Morgan fingerprint density at radius 3 is 1.48 bits per heavy atom. The standard InChI is InChI=1S/C27H38N2O4/c30-24-10-8-20(18-26(24)32)16-22-6-4-14-28(22)12-2-1-3-13-29-15-5-7-23(29)17-21-9-11-25(31)27(33)19-21/h8-11,18-19,22-23,30-33H,1-7,12-17H2. The molecule has 0 aliphatic carbocycles. The average molecular weight is 455 g/mol. The molecule has 33 heavy (non-hydrogen) atoms. The topological polar surface area (TPSA) is 87.4 Å². The Bertz CT molecular complexity index is 845. The first kappa shape index (κ1) is 23.7. The SMILES string of the molecule is Oc1ccc(CC2CCCN2CCCCCN2CCCC2Cc2ccc(O)c(O)c2)cc1O. The van der Waals surface area contributed by atoms with Crippen molar-refractivity contribution in [2.75, 3.05) is 26.2 Å². The Morgan fingerprint density at radius 1 is 0.606 bits per heavy atom. The minimum Gasteiger partial charge on any atom is -0.504 e. The summed E-state index contributed by atoms with van der Waals surface area (Å²) in [5.74, 6) is -0.161. The molecule has 0 radical (unpaired) electrons. The maximum absolute atomic E-state index is 9.77. The fraction of sp³-hybridized carbons (Fsp3) is 0.556. The first-order valence-corrected chi connectivity index (χ1v) is 12.5. The number of aromatic hydroxyl groups is 4. The number of hydrogen-bond acceptors (Lipinski definition) is 6. The van der Waals surface area contributed by atoms with E-state index < -0.39 is 0 Å². The summed E-state index contributed by atoms with van der Waals surface area (Å²) < 4.78 is 0. The van der Waals surface area contributed by atoms with Gasteiger partial charge in [0, 0.05) is 12.1 Å². The number of hydrogen-bond donors (Lipinski definition) is 4. The van der Waals surface area contributed by atoms with Crippen LogP contribution in [0.1, 0.15) is 56.1 Å². The van der Waals surface area contributed by atoms with Gasteiger partial charge in [-0.05, 0) is 113 Å².